The topological polar surface area (TPSA) is 95.9 Å². The van der Waals surface area contributed by atoms with E-state index in [1.807, 2.05) is 12.2 Å². The number of carbonyl (C=O) groups is 2. The lowest BCUT2D eigenvalue weighted by Crippen LogP contribution is -2.46. The first-order valence-corrected chi connectivity index (χ1v) is 26.8. The molecule has 64 heavy (non-hydrogen) atoms. The Balaban J connectivity index is 4.68. The quantitative estimate of drug-likeness (QED) is 0.0245. The summed E-state index contributed by atoms with van der Waals surface area (Å²) in [5, 5.41) is 23.8. The van der Waals surface area contributed by atoms with Crippen molar-refractivity contribution in [2.45, 2.75) is 264 Å². The van der Waals surface area contributed by atoms with Gasteiger partial charge in [0.1, 0.15) is 6.10 Å². The lowest BCUT2D eigenvalue weighted by molar-refractivity contribution is -0.150. The van der Waals surface area contributed by atoms with E-state index in [0.717, 1.165) is 83.5 Å². The molecule has 3 N–H and O–H groups in total. The van der Waals surface area contributed by atoms with E-state index in [4.69, 9.17) is 4.74 Å². The number of rotatable bonds is 47. The molecule has 1 amide bonds. The van der Waals surface area contributed by atoms with E-state index < -0.39 is 18.2 Å². The van der Waals surface area contributed by atoms with Gasteiger partial charge >= 0.3 is 5.97 Å². The van der Waals surface area contributed by atoms with Gasteiger partial charge < -0.3 is 20.3 Å². The number of hydrogen-bond donors (Lipinski definition) is 3. The van der Waals surface area contributed by atoms with Crippen LogP contribution in [-0.2, 0) is 14.3 Å². The molecule has 0 bridgehead atoms. The normalized spacial score (nSPS) is 13.9. The first kappa shape index (κ1) is 61.0. The van der Waals surface area contributed by atoms with E-state index in [2.05, 4.69) is 99.0 Å². The van der Waals surface area contributed by atoms with Crippen LogP contribution in [0.4, 0.5) is 0 Å². The van der Waals surface area contributed by atoms with Crippen molar-refractivity contribution in [1.29, 1.82) is 0 Å². The van der Waals surface area contributed by atoms with Crippen LogP contribution in [0.5, 0.6) is 0 Å². The first-order chi connectivity index (χ1) is 31.5. The molecule has 0 saturated carbocycles. The van der Waals surface area contributed by atoms with Gasteiger partial charge in [0, 0.05) is 12.8 Å². The highest BCUT2D eigenvalue weighted by Gasteiger charge is 2.23. The molecular weight excluding hydrogens is 791 g/mol. The average Bonchev–Trinajstić information content (AvgIpc) is 3.29. The van der Waals surface area contributed by atoms with Gasteiger partial charge in [-0.05, 0) is 64.2 Å². The molecule has 0 aliphatic carbocycles. The predicted octanol–water partition coefficient (Wildman–Crippen LogP) is 16.3. The highest BCUT2D eigenvalue weighted by atomic mass is 16.5. The number of unbranched alkanes of at least 4 members (excludes halogenated alkanes) is 24. The number of aliphatic hydroxyl groups is 2. The molecule has 0 aromatic heterocycles. The van der Waals surface area contributed by atoms with Gasteiger partial charge in [-0.15, -0.1) is 0 Å². The summed E-state index contributed by atoms with van der Waals surface area (Å²) in [4.78, 5) is 26.1. The van der Waals surface area contributed by atoms with E-state index in [1.54, 1.807) is 0 Å². The number of hydrogen-bond acceptors (Lipinski definition) is 5. The Morgan fingerprint density at radius 1 is 0.500 bits per heavy atom. The van der Waals surface area contributed by atoms with Crippen molar-refractivity contribution in [3.8, 4) is 0 Å². The number of aliphatic hydroxyl groups excluding tert-OH is 2. The third-order valence-corrected chi connectivity index (χ3v) is 11.8. The van der Waals surface area contributed by atoms with Crippen LogP contribution in [0.3, 0.4) is 0 Å². The standard InChI is InChI=1S/C58H101NO5/c1-4-7-10-13-16-19-22-25-27-28-30-33-35-38-41-44-47-50-56(61)55(53-60)59-57(62)52-54(49-46-43-40-37-34-32-29-26-23-20-17-14-11-8-5-2)64-58(63)51-48-45-42-39-36-31-24-21-18-15-12-9-6-3/h9,12,15,17-18,20-21,24,26,29,34,37,43,46,54-56,60-61H,4-8,10-11,13-14,16,19,22-23,25,27-28,30-33,35-36,38-42,44-45,47-53H2,1-3H3,(H,59,62)/b12-9+,18-15+,20-17-,24-21-,29-26-,37-34-,46-43-. The molecule has 0 spiro atoms. The molecular formula is C58H101NO5. The van der Waals surface area contributed by atoms with Crippen molar-refractivity contribution in [1.82, 2.24) is 5.32 Å². The van der Waals surface area contributed by atoms with Gasteiger partial charge in [-0.3, -0.25) is 9.59 Å². The summed E-state index contributed by atoms with van der Waals surface area (Å²) in [5.41, 5.74) is 0. The van der Waals surface area contributed by atoms with Crippen LogP contribution in [0, 0.1) is 0 Å². The van der Waals surface area contributed by atoms with Crippen LogP contribution in [0.2, 0.25) is 0 Å². The Morgan fingerprint density at radius 3 is 1.48 bits per heavy atom. The fraction of sp³-hybridized carbons (Fsp3) is 0.724. The summed E-state index contributed by atoms with van der Waals surface area (Å²) < 4.78 is 5.86. The second-order valence-electron chi connectivity index (χ2n) is 18.0. The Hall–Kier alpha value is -2.96. The fourth-order valence-corrected chi connectivity index (χ4v) is 7.70. The number of ether oxygens (including phenoxy) is 1. The van der Waals surface area contributed by atoms with Gasteiger partial charge in [-0.2, -0.15) is 0 Å². The molecule has 6 nitrogen and oxygen atoms in total. The fourth-order valence-electron chi connectivity index (χ4n) is 7.70. The SMILES string of the molecule is CC/C=C/C=C/C=C\CCCCCCCC(=O)OC(C/C=C\C/C=C\C/C=C\C/C=C\CCCCC)CC(=O)NC(CO)C(O)CCCCCCCCCCCCCCCCCCC. The molecule has 3 atom stereocenters. The summed E-state index contributed by atoms with van der Waals surface area (Å²) in [5.74, 6) is -0.603. The maximum Gasteiger partial charge on any atom is 0.306 e. The Kier molecular flexibility index (Phi) is 48.7. The van der Waals surface area contributed by atoms with Crippen molar-refractivity contribution in [3.63, 3.8) is 0 Å². The van der Waals surface area contributed by atoms with E-state index in [9.17, 15) is 19.8 Å². The van der Waals surface area contributed by atoms with Gasteiger partial charge in [0.05, 0.1) is 25.2 Å². The zero-order chi connectivity index (χ0) is 46.7. The zero-order valence-corrected chi connectivity index (χ0v) is 41.9. The average molecular weight is 892 g/mol. The molecule has 0 aliphatic rings. The minimum absolute atomic E-state index is 0.0102. The van der Waals surface area contributed by atoms with Gasteiger partial charge in [-0.25, -0.2) is 0 Å². The minimum Gasteiger partial charge on any atom is -0.461 e. The van der Waals surface area contributed by atoms with Gasteiger partial charge in [-0.1, -0.05) is 247 Å². The van der Waals surface area contributed by atoms with E-state index in [-0.39, 0.29) is 24.9 Å². The summed E-state index contributed by atoms with van der Waals surface area (Å²) in [6.07, 6.45) is 66.6. The lowest BCUT2D eigenvalue weighted by atomic mass is 10.0. The van der Waals surface area contributed by atoms with Crippen LogP contribution in [-0.4, -0.2) is 46.9 Å². The number of nitrogens with one attached hydrogen (secondary N) is 1. The van der Waals surface area contributed by atoms with Crippen molar-refractivity contribution >= 4 is 11.9 Å². The van der Waals surface area contributed by atoms with Gasteiger partial charge in [0.2, 0.25) is 5.91 Å². The largest absolute Gasteiger partial charge is 0.461 e. The van der Waals surface area contributed by atoms with Crippen LogP contribution in [0.1, 0.15) is 245 Å². The van der Waals surface area contributed by atoms with Crippen LogP contribution >= 0.6 is 0 Å². The maximum atomic E-state index is 13.2. The van der Waals surface area contributed by atoms with Gasteiger partial charge in [0.15, 0.2) is 0 Å². The summed E-state index contributed by atoms with van der Waals surface area (Å²) in [6, 6.07) is -0.739. The van der Waals surface area contributed by atoms with Crippen LogP contribution in [0.15, 0.2) is 85.1 Å². The molecule has 3 unspecified atom stereocenters. The third kappa shape index (κ3) is 45.6. The molecule has 0 aromatic carbocycles. The molecule has 6 heteroatoms. The number of allylic oxidation sites excluding steroid dienone is 13. The van der Waals surface area contributed by atoms with Crippen molar-refractivity contribution in [3.05, 3.63) is 85.1 Å². The van der Waals surface area contributed by atoms with Crippen molar-refractivity contribution < 1.29 is 24.5 Å². The molecule has 0 heterocycles. The second kappa shape index (κ2) is 51.0. The molecule has 0 radical (unpaired) electrons. The molecule has 0 aromatic rings. The number of esters is 1. The monoisotopic (exact) mass is 892 g/mol. The van der Waals surface area contributed by atoms with E-state index >= 15 is 0 Å². The molecule has 0 aliphatic heterocycles. The molecule has 0 saturated heterocycles. The van der Waals surface area contributed by atoms with Crippen molar-refractivity contribution in [2.75, 3.05) is 6.61 Å². The Morgan fingerprint density at radius 2 is 0.938 bits per heavy atom. The molecule has 368 valence electrons. The van der Waals surface area contributed by atoms with Crippen LogP contribution in [0.25, 0.3) is 0 Å². The van der Waals surface area contributed by atoms with E-state index in [0.29, 0.717) is 19.3 Å². The summed E-state index contributed by atoms with van der Waals surface area (Å²) in [7, 11) is 0. The Bertz CT molecular complexity index is 1230. The highest BCUT2D eigenvalue weighted by Crippen LogP contribution is 2.17. The first-order valence-electron chi connectivity index (χ1n) is 26.8. The minimum atomic E-state index is -0.819. The second-order valence-corrected chi connectivity index (χ2v) is 18.0. The van der Waals surface area contributed by atoms with E-state index in [1.165, 1.54) is 116 Å². The van der Waals surface area contributed by atoms with Crippen LogP contribution < -0.4 is 5.32 Å². The van der Waals surface area contributed by atoms with Crippen molar-refractivity contribution in [2.24, 2.45) is 0 Å². The lowest BCUT2D eigenvalue weighted by Gasteiger charge is -2.24. The molecule has 0 fully saturated rings. The zero-order valence-electron chi connectivity index (χ0n) is 41.9. The highest BCUT2D eigenvalue weighted by molar-refractivity contribution is 5.77. The Labute approximate surface area is 395 Å². The number of carbonyl (C=O) groups excluding carboxylic acids is 2. The maximum absolute atomic E-state index is 13.2. The summed E-state index contributed by atoms with van der Waals surface area (Å²) >= 11 is 0. The van der Waals surface area contributed by atoms with Gasteiger partial charge in [0.25, 0.3) is 0 Å². The molecule has 0 rings (SSSR count). The third-order valence-electron chi connectivity index (χ3n) is 11.8. The number of amides is 1. The smallest absolute Gasteiger partial charge is 0.306 e. The summed E-state index contributed by atoms with van der Waals surface area (Å²) in [6.45, 7) is 6.30. The predicted molar refractivity (Wildman–Crippen MR) is 278 cm³/mol.